The molecule has 7 nitrogen and oxygen atoms in total. The highest BCUT2D eigenvalue weighted by molar-refractivity contribution is 7.89. The van der Waals surface area contributed by atoms with Gasteiger partial charge in [-0.05, 0) is 44.5 Å². The molecule has 2 aromatic rings. The molecule has 0 fully saturated rings. The molecule has 8 heteroatoms. The van der Waals surface area contributed by atoms with E-state index in [0.717, 1.165) is 17.0 Å². The number of carbonyl (C=O) groups excluding carboxylic acids is 1. The highest BCUT2D eigenvalue weighted by Gasteiger charge is 2.18. The summed E-state index contributed by atoms with van der Waals surface area (Å²) in [4.78, 5) is 12.5. The maximum Gasteiger partial charge on any atom is 0.244 e. The predicted octanol–water partition coefficient (Wildman–Crippen LogP) is 1.63. The van der Waals surface area contributed by atoms with E-state index in [2.05, 4.69) is 10.4 Å². The smallest absolute Gasteiger partial charge is 0.244 e. The summed E-state index contributed by atoms with van der Waals surface area (Å²) in [6.45, 7) is 5.91. The summed E-state index contributed by atoms with van der Waals surface area (Å²) in [6.07, 6.45) is 0. The zero-order valence-electron chi connectivity index (χ0n) is 15.1. The van der Waals surface area contributed by atoms with Crippen LogP contribution in [-0.2, 0) is 21.4 Å². The molecule has 0 saturated heterocycles. The molecule has 0 aliphatic carbocycles. The van der Waals surface area contributed by atoms with Gasteiger partial charge < -0.3 is 5.32 Å². The quantitative estimate of drug-likeness (QED) is 0.844. The van der Waals surface area contributed by atoms with Crippen LogP contribution in [-0.4, -0.2) is 42.5 Å². The fourth-order valence-electron chi connectivity index (χ4n) is 2.48. The number of aromatic nitrogens is 2. The summed E-state index contributed by atoms with van der Waals surface area (Å²) in [5.74, 6) is -0.142. The van der Waals surface area contributed by atoms with Gasteiger partial charge >= 0.3 is 0 Å². The molecule has 1 N–H and O–H groups in total. The number of rotatable bonds is 6. The number of benzene rings is 1. The van der Waals surface area contributed by atoms with Crippen molar-refractivity contribution in [3.8, 4) is 0 Å². The first-order chi connectivity index (χ1) is 11.6. The topological polar surface area (TPSA) is 84.3 Å². The molecule has 0 bridgehead atoms. The number of nitrogens with one attached hydrogen (secondary N) is 1. The van der Waals surface area contributed by atoms with Crippen molar-refractivity contribution in [1.82, 2.24) is 19.4 Å². The standard InChI is InChI=1S/C17H24N4O3S/c1-12-10-13(2)21(19-12)14(3)17(22)18-11-15-6-8-16(9-7-15)25(23,24)20(4)5/h6-10,14H,11H2,1-5H3,(H,18,22). The molecule has 1 unspecified atom stereocenters. The predicted molar refractivity (Wildman–Crippen MR) is 95.6 cm³/mol. The molecule has 25 heavy (non-hydrogen) atoms. The summed E-state index contributed by atoms with van der Waals surface area (Å²) >= 11 is 0. The first-order valence-electron chi connectivity index (χ1n) is 7.95. The Morgan fingerprint density at radius 3 is 2.32 bits per heavy atom. The Morgan fingerprint density at radius 1 is 1.24 bits per heavy atom. The van der Waals surface area contributed by atoms with E-state index in [9.17, 15) is 13.2 Å². The van der Waals surface area contributed by atoms with Crippen LogP contribution < -0.4 is 5.32 Å². The molecule has 2 rings (SSSR count). The van der Waals surface area contributed by atoms with Gasteiger partial charge in [-0.15, -0.1) is 0 Å². The van der Waals surface area contributed by atoms with Gasteiger partial charge in [0, 0.05) is 26.3 Å². The van der Waals surface area contributed by atoms with Crippen molar-refractivity contribution < 1.29 is 13.2 Å². The van der Waals surface area contributed by atoms with Crippen LogP contribution in [0.1, 0.15) is 29.9 Å². The molecule has 1 aromatic carbocycles. The number of sulfonamides is 1. The molecule has 0 aliphatic rings. The first kappa shape index (κ1) is 19.1. The van der Waals surface area contributed by atoms with Crippen molar-refractivity contribution in [3.63, 3.8) is 0 Å². The van der Waals surface area contributed by atoms with E-state index in [-0.39, 0.29) is 10.8 Å². The van der Waals surface area contributed by atoms with E-state index in [1.54, 1.807) is 35.9 Å². The number of hydrogen-bond donors (Lipinski definition) is 1. The van der Waals surface area contributed by atoms with Crippen LogP contribution in [0, 0.1) is 13.8 Å². The van der Waals surface area contributed by atoms with Crippen LogP contribution in [0.25, 0.3) is 0 Å². The lowest BCUT2D eigenvalue weighted by Gasteiger charge is -2.15. The summed E-state index contributed by atoms with van der Waals surface area (Å²) in [5.41, 5.74) is 2.62. The Hall–Kier alpha value is -2.19. The van der Waals surface area contributed by atoms with Crippen molar-refractivity contribution >= 4 is 15.9 Å². The minimum Gasteiger partial charge on any atom is -0.350 e. The maximum absolute atomic E-state index is 12.3. The Kier molecular flexibility index (Phi) is 5.64. The second-order valence-electron chi connectivity index (χ2n) is 6.20. The Labute approximate surface area is 148 Å². The van der Waals surface area contributed by atoms with Crippen molar-refractivity contribution in [2.45, 2.75) is 38.3 Å². The van der Waals surface area contributed by atoms with E-state index in [4.69, 9.17) is 0 Å². The van der Waals surface area contributed by atoms with Crippen LogP contribution in [0.15, 0.2) is 35.2 Å². The first-order valence-corrected chi connectivity index (χ1v) is 9.39. The van der Waals surface area contributed by atoms with Crippen LogP contribution in [0.3, 0.4) is 0 Å². The second kappa shape index (κ2) is 7.37. The SMILES string of the molecule is Cc1cc(C)n(C(C)C(=O)NCc2ccc(S(=O)(=O)N(C)C)cc2)n1. The van der Waals surface area contributed by atoms with Gasteiger partial charge in [-0.3, -0.25) is 9.48 Å². The maximum atomic E-state index is 12.3. The van der Waals surface area contributed by atoms with Crippen molar-refractivity contribution in [2.75, 3.05) is 14.1 Å². The third kappa shape index (κ3) is 4.26. The summed E-state index contributed by atoms with van der Waals surface area (Å²) in [5, 5.41) is 7.18. The normalized spacial score (nSPS) is 13.0. The zero-order chi connectivity index (χ0) is 18.8. The number of nitrogens with zero attached hydrogens (tertiary/aromatic N) is 3. The van der Waals surface area contributed by atoms with Gasteiger partial charge in [-0.2, -0.15) is 5.10 Å². The lowest BCUT2D eigenvalue weighted by molar-refractivity contribution is -0.124. The van der Waals surface area contributed by atoms with Crippen LogP contribution in [0.4, 0.5) is 0 Å². The van der Waals surface area contributed by atoms with Crippen molar-refractivity contribution in [3.05, 3.63) is 47.3 Å². The Morgan fingerprint density at radius 2 is 1.84 bits per heavy atom. The summed E-state index contributed by atoms with van der Waals surface area (Å²) < 4.78 is 26.9. The van der Waals surface area contributed by atoms with E-state index in [1.807, 2.05) is 19.9 Å². The largest absolute Gasteiger partial charge is 0.350 e. The summed E-state index contributed by atoms with van der Waals surface area (Å²) in [7, 11) is -0.463. The number of amides is 1. The van der Waals surface area contributed by atoms with E-state index >= 15 is 0 Å². The average molecular weight is 364 g/mol. The minimum atomic E-state index is -3.44. The third-order valence-electron chi connectivity index (χ3n) is 3.96. The van der Waals surface area contributed by atoms with Crippen LogP contribution >= 0.6 is 0 Å². The van der Waals surface area contributed by atoms with Gasteiger partial charge in [0.2, 0.25) is 15.9 Å². The average Bonchev–Trinajstić information content (AvgIpc) is 2.90. The Bertz CT molecular complexity index is 855. The fourth-order valence-corrected chi connectivity index (χ4v) is 3.38. The van der Waals surface area contributed by atoms with Gasteiger partial charge in [0.25, 0.3) is 0 Å². The Balaban J connectivity index is 2.01. The van der Waals surface area contributed by atoms with E-state index < -0.39 is 16.1 Å². The van der Waals surface area contributed by atoms with Crippen LogP contribution in [0.5, 0.6) is 0 Å². The molecule has 0 saturated carbocycles. The van der Waals surface area contributed by atoms with Gasteiger partial charge in [-0.1, -0.05) is 12.1 Å². The van der Waals surface area contributed by atoms with Gasteiger partial charge in [0.15, 0.2) is 0 Å². The molecule has 0 radical (unpaired) electrons. The van der Waals surface area contributed by atoms with E-state index in [0.29, 0.717) is 6.54 Å². The van der Waals surface area contributed by atoms with Gasteiger partial charge in [0.1, 0.15) is 6.04 Å². The summed E-state index contributed by atoms with van der Waals surface area (Å²) in [6, 6.07) is 7.99. The lowest BCUT2D eigenvalue weighted by atomic mass is 10.2. The molecular weight excluding hydrogens is 340 g/mol. The number of hydrogen-bond acceptors (Lipinski definition) is 4. The molecule has 1 aromatic heterocycles. The van der Waals surface area contributed by atoms with Gasteiger partial charge in [-0.25, -0.2) is 12.7 Å². The van der Waals surface area contributed by atoms with Crippen molar-refractivity contribution in [1.29, 1.82) is 0 Å². The highest BCUT2D eigenvalue weighted by Crippen LogP contribution is 2.15. The van der Waals surface area contributed by atoms with Crippen LogP contribution in [0.2, 0.25) is 0 Å². The second-order valence-corrected chi connectivity index (χ2v) is 8.35. The fraction of sp³-hybridized carbons (Fsp3) is 0.412. The van der Waals surface area contributed by atoms with Crippen molar-refractivity contribution in [2.24, 2.45) is 0 Å². The molecule has 136 valence electrons. The molecule has 0 spiro atoms. The highest BCUT2D eigenvalue weighted by atomic mass is 32.2. The molecule has 1 amide bonds. The minimum absolute atomic E-state index is 0.142. The zero-order valence-corrected chi connectivity index (χ0v) is 16.0. The number of carbonyl (C=O) groups is 1. The molecule has 1 atom stereocenters. The van der Waals surface area contributed by atoms with E-state index in [1.165, 1.54) is 18.4 Å². The van der Waals surface area contributed by atoms with Gasteiger partial charge in [0.05, 0.1) is 10.6 Å². The third-order valence-corrected chi connectivity index (χ3v) is 5.79. The molecular formula is C17H24N4O3S. The molecule has 0 aliphatic heterocycles. The molecule has 1 heterocycles. The lowest BCUT2D eigenvalue weighted by Crippen LogP contribution is -2.31. The number of aryl methyl sites for hydroxylation is 2. The monoisotopic (exact) mass is 364 g/mol.